The molecule has 0 radical (unpaired) electrons. The average molecular weight is 457 g/mol. The zero-order valence-corrected chi connectivity index (χ0v) is 20.4. The molecule has 4 rings (SSSR count). The molecule has 3 N–H and O–H groups in total. The minimum absolute atomic E-state index is 0.127. The van der Waals surface area contributed by atoms with Gasteiger partial charge in [-0.25, -0.2) is 0 Å². The standard InChI is InChI=1S/C26H40N4O3/c1-19(2)27-24-20(3)25(31)30(26(24)32)14-8-13-28-15-17-29(18-16-28)22-11-6-7-12-23(22)33-21-9-4-5-10-21/h6-7,11-12,19,21,27,31-32H,4-5,8-10,13-18H2,1-3H3. The molecule has 7 heteroatoms. The molecule has 2 aliphatic rings. The monoisotopic (exact) mass is 456 g/mol. The first-order chi connectivity index (χ1) is 15.9. The largest absolute Gasteiger partial charge is 0.494 e. The second-order valence-corrected chi connectivity index (χ2v) is 9.77. The summed E-state index contributed by atoms with van der Waals surface area (Å²) in [6, 6.07) is 8.65. The molecule has 1 aromatic heterocycles. The van der Waals surface area contributed by atoms with Crippen LogP contribution in [0.3, 0.4) is 0 Å². The van der Waals surface area contributed by atoms with Gasteiger partial charge in [0.25, 0.3) is 0 Å². The second kappa shape index (κ2) is 10.6. The predicted octanol–water partition coefficient (Wildman–Crippen LogP) is 4.56. The summed E-state index contributed by atoms with van der Waals surface area (Å²) in [5, 5.41) is 24.3. The van der Waals surface area contributed by atoms with E-state index in [2.05, 4.69) is 39.4 Å². The molecule has 33 heavy (non-hydrogen) atoms. The lowest BCUT2D eigenvalue weighted by Gasteiger charge is -2.37. The highest BCUT2D eigenvalue weighted by atomic mass is 16.5. The van der Waals surface area contributed by atoms with E-state index in [9.17, 15) is 10.2 Å². The number of ether oxygens (including phenoxy) is 1. The van der Waals surface area contributed by atoms with E-state index in [1.54, 1.807) is 4.57 Å². The molecule has 0 amide bonds. The number of para-hydroxylation sites is 2. The number of benzene rings is 1. The number of nitrogens with zero attached hydrogens (tertiary/aromatic N) is 3. The minimum Gasteiger partial charge on any atom is -0.494 e. The van der Waals surface area contributed by atoms with Gasteiger partial charge in [-0.2, -0.15) is 0 Å². The van der Waals surface area contributed by atoms with Crippen molar-refractivity contribution in [3.05, 3.63) is 29.8 Å². The highest BCUT2D eigenvalue weighted by Gasteiger charge is 2.23. The quantitative estimate of drug-likeness (QED) is 0.514. The van der Waals surface area contributed by atoms with Crippen LogP contribution in [-0.2, 0) is 6.54 Å². The highest BCUT2D eigenvalue weighted by Crippen LogP contribution is 2.38. The Morgan fingerprint density at radius 3 is 2.39 bits per heavy atom. The number of anilines is 2. The van der Waals surface area contributed by atoms with Gasteiger partial charge in [0.2, 0.25) is 5.88 Å². The fraction of sp³-hybridized carbons (Fsp3) is 0.615. The highest BCUT2D eigenvalue weighted by molar-refractivity contribution is 5.64. The Kier molecular flexibility index (Phi) is 7.58. The molecule has 0 bridgehead atoms. The van der Waals surface area contributed by atoms with Gasteiger partial charge in [0.05, 0.1) is 11.8 Å². The van der Waals surface area contributed by atoms with Crippen molar-refractivity contribution < 1.29 is 14.9 Å². The third kappa shape index (κ3) is 5.52. The number of hydrogen-bond acceptors (Lipinski definition) is 6. The maximum Gasteiger partial charge on any atom is 0.218 e. The number of aromatic nitrogens is 1. The van der Waals surface area contributed by atoms with Crippen molar-refractivity contribution in [2.24, 2.45) is 0 Å². The van der Waals surface area contributed by atoms with Crippen LogP contribution < -0.4 is 15.0 Å². The van der Waals surface area contributed by atoms with E-state index >= 15 is 0 Å². The van der Waals surface area contributed by atoms with Gasteiger partial charge in [-0.3, -0.25) is 9.47 Å². The third-order valence-electron chi connectivity index (χ3n) is 6.91. The van der Waals surface area contributed by atoms with Crippen LogP contribution in [-0.4, -0.2) is 64.5 Å². The molecule has 2 aromatic rings. The molecule has 1 aromatic carbocycles. The van der Waals surface area contributed by atoms with Crippen LogP contribution in [0.5, 0.6) is 17.5 Å². The molecule has 182 valence electrons. The maximum atomic E-state index is 10.6. The Hall–Kier alpha value is -2.54. The van der Waals surface area contributed by atoms with Crippen LogP contribution in [0.2, 0.25) is 0 Å². The van der Waals surface area contributed by atoms with Crippen LogP contribution in [0, 0.1) is 6.92 Å². The van der Waals surface area contributed by atoms with E-state index in [0.717, 1.165) is 44.9 Å². The van der Waals surface area contributed by atoms with Crippen LogP contribution in [0.15, 0.2) is 24.3 Å². The summed E-state index contributed by atoms with van der Waals surface area (Å²) in [6.07, 6.45) is 6.14. The fourth-order valence-corrected chi connectivity index (χ4v) is 5.06. The van der Waals surface area contributed by atoms with Crippen molar-refractivity contribution in [1.82, 2.24) is 9.47 Å². The molecular formula is C26H40N4O3. The second-order valence-electron chi connectivity index (χ2n) is 9.77. The van der Waals surface area contributed by atoms with E-state index in [-0.39, 0.29) is 17.8 Å². The molecule has 7 nitrogen and oxygen atoms in total. The van der Waals surface area contributed by atoms with Crippen LogP contribution in [0.4, 0.5) is 11.4 Å². The van der Waals surface area contributed by atoms with Crippen molar-refractivity contribution in [1.29, 1.82) is 0 Å². The van der Waals surface area contributed by atoms with Crippen molar-refractivity contribution in [2.75, 3.05) is 42.9 Å². The average Bonchev–Trinajstić information content (AvgIpc) is 3.39. The first-order valence-corrected chi connectivity index (χ1v) is 12.5. The Bertz CT molecular complexity index is 913. The molecule has 1 aliphatic carbocycles. The third-order valence-corrected chi connectivity index (χ3v) is 6.91. The van der Waals surface area contributed by atoms with Gasteiger partial charge in [0.1, 0.15) is 11.4 Å². The normalized spacial score (nSPS) is 17.8. The van der Waals surface area contributed by atoms with Gasteiger partial charge < -0.3 is 25.2 Å². The lowest BCUT2D eigenvalue weighted by atomic mass is 10.2. The van der Waals surface area contributed by atoms with Crippen molar-refractivity contribution in [2.45, 2.75) is 71.6 Å². The Morgan fingerprint density at radius 2 is 1.70 bits per heavy atom. The Balaban J connectivity index is 1.28. The van der Waals surface area contributed by atoms with Crippen LogP contribution >= 0.6 is 0 Å². The smallest absolute Gasteiger partial charge is 0.218 e. The molecule has 0 atom stereocenters. The van der Waals surface area contributed by atoms with E-state index in [4.69, 9.17) is 4.74 Å². The SMILES string of the molecule is Cc1c(NC(C)C)c(O)n(CCCN2CCN(c3ccccc3OC3CCCC3)CC2)c1O. The van der Waals surface area contributed by atoms with Gasteiger partial charge in [-0.1, -0.05) is 12.1 Å². The lowest BCUT2D eigenvalue weighted by molar-refractivity contribution is 0.208. The van der Waals surface area contributed by atoms with E-state index in [0.29, 0.717) is 23.9 Å². The molecule has 2 fully saturated rings. The predicted molar refractivity (Wildman–Crippen MR) is 134 cm³/mol. The van der Waals surface area contributed by atoms with E-state index in [1.165, 1.54) is 31.4 Å². The molecule has 2 heterocycles. The number of hydrogen-bond donors (Lipinski definition) is 3. The number of aromatic hydroxyl groups is 2. The summed E-state index contributed by atoms with van der Waals surface area (Å²) in [6.45, 7) is 11.4. The molecule has 0 spiro atoms. The van der Waals surface area contributed by atoms with E-state index in [1.807, 2.05) is 20.8 Å². The summed E-state index contributed by atoms with van der Waals surface area (Å²) in [7, 11) is 0. The molecule has 1 aliphatic heterocycles. The summed E-state index contributed by atoms with van der Waals surface area (Å²) >= 11 is 0. The fourth-order valence-electron chi connectivity index (χ4n) is 5.06. The summed E-state index contributed by atoms with van der Waals surface area (Å²) in [5.74, 6) is 1.30. The Labute approximate surface area is 198 Å². The first-order valence-electron chi connectivity index (χ1n) is 12.5. The molecule has 0 unspecified atom stereocenters. The number of nitrogens with one attached hydrogen (secondary N) is 1. The van der Waals surface area contributed by atoms with Crippen molar-refractivity contribution in [3.63, 3.8) is 0 Å². The van der Waals surface area contributed by atoms with Crippen molar-refractivity contribution in [3.8, 4) is 17.5 Å². The van der Waals surface area contributed by atoms with Crippen LogP contribution in [0.25, 0.3) is 0 Å². The minimum atomic E-state index is 0.127. The topological polar surface area (TPSA) is 73.1 Å². The molecule has 1 saturated carbocycles. The summed E-state index contributed by atoms with van der Waals surface area (Å²) in [5.41, 5.74) is 2.55. The molecular weight excluding hydrogens is 416 g/mol. The zero-order chi connectivity index (χ0) is 23.4. The summed E-state index contributed by atoms with van der Waals surface area (Å²) < 4.78 is 7.97. The van der Waals surface area contributed by atoms with Gasteiger partial charge in [-0.05, 0) is 71.6 Å². The van der Waals surface area contributed by atoms with Gasteiger partial charge in [0, 0.05) is 44.3 Å². The van der Waals surface area contributed by atoms with Gasteiger partial charge >= 0.3 is 0 Å². The lowest BCUT2D eigenvalue weighted by Crippen LogP contribution is -2.46. The van der Waals surface area contributed by atoms with Gasteiger partial charge in [0.15, 0.2) is 5.88 Å². The maximum absolute atomic E-state index is 10.6. The number of piperazine rings is 1. The number of rotatable bonds is 9. The Morgan fingerprint density at radius 1 is 1.00 bits per heavy atom. The van der Waals surface area contributed by atoms with Crippen LogP contribution in [0.1, 0.15) is 51.5 Å². The van der Waals surface area contributed by atoms with Crippen molar-refractivity contribution >= 4 is 11.4 Å². The summed E-state index contributed by atoms with van der Waals surface area (Å²) in [4.78, 5) is 4.91. The first kappa shape index (κ1) is 23.6. The molecule has 1 saturated heterocycles. The zero-order valence-electron chi connectivity index (χ0n) is 20.4. The van der Waals surface area contributed by atoms with Gasteiger partial charge in [-0.15, -0.1) is 0 Å². The van der Waals surface area contributed by atoms with E-state index < -0.39 is 0 Å².